The number of ether oxygens (including phenoxy) is 1. The molecule has 0 aliphatic rings. The predicted octanol–water partition coefficient (Wildman–Crippen LogP) is 1.31. The molecule has 0 aliphatic heterocycles. The Morgan fingerprint density at radius 2 is 2.06 bits per heavy atom. The highest BCUT2D eigenvalue weighted by Crippen LogP contribution is 2.20. The minimum absolute atomic E-state index is 0.158. The zero-order valence-corrected chi connectivity index (χ0v) is 11.8. The minimum atomic E-state index is -2.91. The molecule has 0 unspecified atom stereocenters. The van der Waals surface area contributed by atoms with Gasteiger partial charge in [-0.3, -0.25) is 0 Å². The molecule has 0 aromatic heterocycles. The van der Waals surface area contributed by atoms with Crippen molar-refractivity contribution in [2.45, 2.75) is 19.8 Å². The summed E-state index contributed by atoms with van der Waals surface area (Å²) in [5, 5.41) is 0. The van der Waals surface area contributed by atoms with Crippen molar-refractivity contribution >= 4 is 9.84 Å². The Morgan fingerprint density at radius 1 is 1.33 bits per heavy atom. The van der Waals surface area contributed by atoms with Crippen LogP contribution in [0.4, 0.5) is 0 Å². The topological polar surface area (TPSA) is 69.4 Å². The second kappa shape index (κ2) is 6.75. The van der Waals surface area contributed by atoms with Crippen LogP contribution >= 0.6 is 0 Å². The predicted molar refractivity (Wildman–Crippen MR) is 73.8 cm³/mol. The van der Waals surface area contributed by atoms with E-state index in [1.165, 1.54) is 11.8 Å². The first-order valence-electron chi connectivity index (χ1n) is 6.02. The Hall–Kier alpha value is -1.07. The van der Waals surface area contributed by atoms with E-state index in [0.717, 1.165) is 17.7 Å². The van der Waals surface area contributed by atoms with Crippen molar-refractivity contribution in [3.05, 3.63) is 29.3 Å². The number of hydrogen-bond acceptors (Lipinski definition) is 4. The van der Waals surface area contributed by atoms with Crippen LogP contribution in [0.2, 0.25) is 0 Å². The lowest BCUT2D eigenvalue weighted by atomic mass is 10.1. The number of aryl methyl sites for hydroxylation is 1. The van der Waals surface area contributed by atoms with Crippen molar-refractivity contribution in [2.24, 2.45) is 5.73 Å². The van der Waals surface area contributed by atoms with Crippen molar-refractivity contribution in [2.75, 3.05) is 25.2 Å². The van der Waals surface area contributed by atoms with Crippen LogP contribution in [0.15, 0.2) is 18.2 Å². The number of hydrogen-bond donors (Lipinski definition) is 1. The van der Waals surface area contributed by atoms with E-state index in [-0.39, 0.29) is 5.75 Å². The SMILES string of the molecule is Cc1ccc(OCCCS(C)(=O)=O)c(CCN)c1. The smallest absolute Gasteiger partial charge is 0.147 e. The van der Waals surface area contributed by atoms with Crippen molar-refractivity contribution in [3.8, 4) is 5.75 Å². The maximum atomic E-state index is 11.0. The van der Waals surface area contributed by atoms with E-state index < -0.39 is 9.84 Å². The van der Waals surface area contributed by atoms with Gasteiger partial charge in [-0.1, -0.05) is 17.7 Å². The molecule has 1 aromatic rings. The number of benzene rings is 1. The Kier molecular flexibility index (Phi) is 5.62. The van der Waals surface area contributed by atoms with E-state index in [4.69, 9.17) is 10.5 Å². The molecule has 0 heterocycles. The molecular weight excluding hydrogens is 250 g/mol. The van der Waals surface area contributed by atoms with Gasteiger partial charge in [0.25, 0.3) is 0 Å². The molecule has 5 heteroatoms. The molecule has 0 saturated carbocycles. The van der Waals surface area contributed by atoms with Gasteiger partial charge in [-0.2, -0.15) is 0 Å². The van der Waals surface area contributed by atoms with E-state index in [1.54, 1.807) is 0 Å². The largest absolute Gasteiger partial charge is 0.493 e. The molecule has 0 atom stereocenters. The summed E-state index contributed by atoms with van der Waals surface area (Å²) >= 11 is 0. The van der Waals surface area contributed by atoms with E-state index in [0.29, 0.717) is 19.6 Å². The number of nitrogens with two attached hydrogens (primary N) is 1. The highest BCUT2D eigenvalue weighted by Gasteiger charge is 2.05. The summed E-state index contributed by atoms with van der Waals surface area (Å²) < 4.78 is 27.6. The summed E-state index contributed by atoms with van der Waals surface area (Å²) in [5.74, 6) is 0.963. The zero-order valence-electron chi connectivity index (χ0n) is 11.0. The molecule has 0 amide bonds. The molecule has 0 spiro atoms. The quantitative estimate of drug-likeness (QED) is 0.759. The van der Waals surface area contributed by atoms with Crippen molar-refractivity contribution in [3.63, 3.8) is 0 Å². The van der Waals surface area contributed by atoms with E-state index in [1.807, 2.05) is 19.1 Å². The van der Waals surface area contributed by atoms with Crippen LogP contribution in [0.5, 0.6) is 5.75 Å². The van der Waals surface area contributed by atoms with E-state index >= 15 is 0 Å². The van der Waals surface area contributed by atoms with Crippen LogP contribution < -0.4 is 10.5 Å². The molecule has 0 aliphatic carbocycles. The second-order valence-corrected chi connectivity index (χ2v) is 6.74. The fourth-order valence-electron chi connectivity index (χ4n) is 1.70. The van der Waals surface area contributed by atoms with Crippen LogP contribution in [0.3, 0.4) is 0 Å². The van der Waals surface area contributed by atoms with Crippen molar-refractivity contribution in [1.82, 2.24) is 0 Å². The molecule has 102 valence electrons. The van der Waals surface area contributed by atoms with Gasteiger partial charge in [-0.05, 0) is 37.9 Å². The summed E-state index contributed by atoms with van der Waals surface area (Å²) in [4.78, 5) is 0. The molecule has 2 N–H and O–H groups in total. The van der Waals surface area contributed by atoms with Gasteiger partial charge < -0.3 is 10.5 Å². The molecule has 0 bridgehead atoms. The fourth-order valence-corrected chi connectivity index (χ4v) is 2.35. The summed E-state index contributed by atoms with van der Waals surface area (Å²) in [6.07, 6.45) is 2.51. The second-order valence-electron chi connectivity index (χ2n) is 4.48. The molecule has 18 heavy (non-hydrogen) atoms. The molecule has 0 radical (unpaired) electrons. The average molecular weight is 271 g/mol. The average Bonchev–Trinajstić information content (AvgIpc) is 2.26. The van der Waals surface area contributed by atoms with Gasteiger partial charge in [0.05, 0.1) is 12.4 Å². The van der Waals surface area contributed by atoms with Crippen LogP contribution in [0, 0.1) is 6.92 Å². The first-order chi connectivity index (χ1) is 8.42. The maximum Gasteiger partial charge on any atom is 0.147 e. The van der Waals surface area contributed by atoms with E-state index in [9.17, 15) is 8.42 Å². The lowest BCUT2D eigenvalue weighted by Crippen LogP contribution is -2.10. The fraction of sp³-hybridized carbons (Fsp3) is 0.538. The van der Waals surface area contributed by atoms with Gasteiger partial charge in [0.2, 0.25) is 0 Å². The minimum Gasteiger partial charge on any atom is -0.493 e. The van der Waals surface area contributed by atoms with Crippen LogP contribution in [-0.2, 0) is 16.3 Å². The first kappa shape index (κ1) is 15.0. The van der Waals surface area contributed by atoms with Gasteiger partial charge in [0.1, 0.15) is 15.6 Å². The van der Waals surface area contributed by atoms with Gasteiger partial charge >= 0.3 is 0 Å². The molecular formula is C13H21NO3S. The zero-order chi connectivity index (χ0) is 13.6. The highest BCUT2D eigenvalue weighted by atomic mass is 32.2. The van der Waals surface area contributed by atoms with Gasteiger partial charge in [0, 0.05) is 6.26 Å². The molecule has 0 saturated heterocycles. The standard InChI is InChI=1S/C13H21NO3S/c1-11-4-5-13(12(10-11)6-7-14)17-8-3-9-18(2,15)16/h4-5,10H,3,6-9,14H2,1-2H3. The van der Waals surface area contributed by atoms with Gasteiger partial charge in [-0.15, -0.1) is 0 Å². The summed E-state index contributed by atoms with van der Waals surface area (Å²) in [7, 11) is -2.91. The molecule has 1 aromatic carbocycles. The van der Waals surface area contributed by atoms with Crippen LogP contribution in [0.25, 0.3) is 0 Å². The Balaban J connectivity index is 2.56. The Labute approximate surface area is 109 Å². The molecule has 4 nitrogen and oxygen atoms in total. The molecule has 1 rings (SSSR count). The monoisotopic (exact) mass is 271 g/mol. The van der Waals surface area contributed by atoms with Crippen molar-refractivity contribution in [1.29, 1.82) is 0 Å². The number of rotatable bonds is 7. The number of sulfone groups is 1. The van der Waals surface area contributed by atoms with Crippen molar-refractivity contribution < 1.29 is 13.2 Å². The van der Waals surface area contributed by atoms with Gasteiger partial charge in [-0.25, -0.2) is 8.42 Å². The normalized spacial score (nSPS) is 11.5. The Morgan fingerprint density at radius 3 is 2.67 bits per heavy atom. The Bertz CT molecular complexity index is 483. The molecule has 0 fully saturated rings. The third-order valence-corrected chi connectivity index (χ3v) is 3.58. The van der Waals surface area contributed by atoms with Crippen LogP contribution in [0.1, 0.15) is 17.5 Å². The summed E-state index contributed by atoms with van der Waals surface area (Å²) in [6.45, 7) is 3.00. The third-order valence-electron chi connectivity index (χ3n) is 2.55. The van der Waals surface area contributed by atoms with Gasteiger partial charge in [0.15, 0.2) is 0 Å². The summed E-state index contributed by atoms with van der Waals surface area (Å²) in [5.41, 5.74) is 7.81. The first-order valence-corrected chi connectivity index (χ1v) is 8.08. The lowest BCUT2D eigenvalue weighted by molar-refractivity contribution is 0.314. The van der Waals surface area contributed by atoms with E-state index in [2.05, 4.69) is 6.07 Å². The summed E-state index contributed by atoms with van der Waals surface area (Å²) in [6, 6.07) is 5.95. The lowest BCUT2D eigenvalue weighted by Gasteiger charge is -2.11. The third kappa shape index (κ3) is 5.51. The van der Waals surface area contributed by atoms with Crippen LogP contribution in [-0.4, -0.2) is 33.6 Å². The highest BCUT2D eigenvalue weighted by molar-refractivity contribution is 7.90. The maximum absolute atomic E-state index is 11.0.